The highest BCUT2D eigenvalue weighted by Gasteiger charge is 2.15. The third kappa shape index (κ3) is 2.17. The van der Waals surface area contributed by atoms with Crippen LogP contribution in [0.5, 0.6) is 0 Å². The second kappa shape index (κ2) is 4.88. The van der Waals surface area contributed by atoms with Crippen LogP contribution in [0.1, 0.15) is 32.7 Å². The van der Waals surface area contributed by atoms with Crippen molar-refractivity contribution in [3.05, 3.63) is 64.5 Å². The summed E-state index contributed by atoms with van der Waals surface area (Å²) in [6, 6.07) is 10.6. The van der Waals surface area contributed by atoms with Gasteiger partial charge in [0.1, 0.15) is 0 Å². The number of aldehydes is 1. The maximum atomic E-state index is 11.7. The third-order valence-electron chi connectivity index (χ3n) is 4.01. The molecule has 0 aliphatic carbocycles. The largest absolute Gasteiger partial charge is 0.313 e. The van der Waals surface area contributed by atoms with Gasteiger partial charge >= 0.3 is 0 Å². The van der Waals surface area contributed by atoms with E-state index >= 15 is 0 Å². The Morgan fingerprint density at radius 3 is 2.19 bits per heavy atom. The lowest BCUT2D eigenvalue weighted by Crippen LogP contribution is -1.96. The van der Waals surface area contributed by atoms with E-state index in [0.29, 0.717) is 0 Å². The summed E-state index contributed by atoms with van der Waals surface area (Å²) in [4.78, 5) is 11.7. The van der Waals surface area contributed by atoms with Crippen molar-refractivity contribution in [1.82, 2.24) is 4.40 Å². The fourth-order valence-electron chi connectivity index (χ4n) is 3.22. The summed E-state index contributed by atoms with van der Waals surface area (Å²) in [6.07, 6.45) is 2.97. The maximum Gasteiger partial charge on any atom is 0.167 e. The second-order valence-electron chi connectivity index (χ2n) is 5.84. The van der Waals surface area contributed by atoms with Gasteiger partial charge in [0, 0.05) is 17.3 Å². The molecule has 3 aromatic rings. The van der Waals surface area contributed by atoms with Crippen molar-refractivity contribution in [2.75, 3.05) is 0 Å². The van der Waals surface area contributed by atoms with E-state index in [9.17, 15) is 4.79 Å². The molecular weight excluding hydrogens is 258 g/mol. The molecule has 0 saturated carbocycles. The van der Waals surface area contributed by atoms with E-state index in [1.807, 2.05) is 17.5 Å². The fraction of sp³-hybridized carbons (Fsp3) is 0.211. The molecule has 0 radical (unpaired) electrons. The fourth-order valence-corrected chi connectivity index (χ4v) is 3.22. The molecule has 2 heterocycles. The molecule has 0 spiro atoms. The van der Waals surface area contributed by atoms with E-state index in [1.54, 1.807) is 0 Å². The van der Waals surface area contributed by atoms with Crippen LogP contribution in [0.2, 0.25) is 0 Å². The quantitative estimate of drug-likeness (QED) is 0.625. The zero-order valence-corrected chi connectivity index (χ0v) is 12.9. The highest BCUT2D eigenvalue weighted by atomic mass is 16.1. The second-order valence-corrected chi connectivity index (χ2v) is 5.84. The number of rotatable bonds is 2. The van der Waals surface area contributed by atoms with Crippen molar-refractivity contribution in [3.8, 4) is 11.1 Å². The van der Waals surface area contributed by atoms with Gasteiger partial charge in [-0.3, -0.25) is 4.79 Å². The van der Waals surface area contributed by atoms with E-state index in [1.165, 1.54) is 22.3 Å². The number of pyridine rings is 1. The van der Waals surface area contributed by atoms with Crippen LogP contribution in [-0.2, 0) is 0 Å². The van der Waals surface area contributed by atoms with Crippen LogP contribution in [0.4, 0.5) is 0 Å². The predicted molar refractivity (Wildman–Crippen MR) is 87.2 cm³/mol. The van der Waals surface area contributed by atoms with Gasteiger partial charge in [-0.05, 0) is 62.1 Å². The average molecular weight is 277 g/mol. The van der Waals surface area contributed by atoms with Crippen LogP contribution in [0.15, 0.2) is 36.5 Å². The molecule has 0 amide bonds. The molecule has 0 aliphatic rings. The first-order valence-corrected chi connectivity index (χ1v) is 7.16. The van der Waals surface area contributed by atoms with Crippen molar-refractivity contribution in [3.63, 3.8) is 0 Å². The van der Waals surface area contributed by atoms with Crippen LogP contribution in [-0.4, -0.2) is 10.7 Å². The summed E-state index contributed by atoms with van der Waals surface area (Å²) in [5.74, 6) is 0. The number of fused-ring (bicyclic) bond motifs is 1. The van der Waals surface area contributed by atoms with Gasteiger partial charge in [0.15, 0.2) is 6.29 Å². The highest BCUT2D eigenvalue weighted by Crippen LogP contribution is 2.33. The molecule has 21 heavy (non-hydrogen) atoms. The van der Waals surface area contributed by atoms with Crippen molar-refractivity contribution in [2.45, 2.75) is 27.7 Å². The number of carbonyl (C=O) groups is 1. The predicted octanol–water partition coefficient (Wildman–Crippen LogP) is 4.65. The lowest BCUT2D eigenvalue weighted by Gasteiger charge is -2.11. The Balaban J connectivity index is 2.38. The molecule has 0 unspecified atom stereocenters. The number of aryl methyl sites for hydroxylation is 4. The molecule has 1 aromatic carbocycles. The third-order valence-corrected chi connectivity index (χ3v) is 4.01. The van der Waals surface area contributed by atoms with Gasteiger partial charge in [-0.15, -0.1) is 0 Å². The molecular formula is C19H19NO. The van der Waals surface area contributed by atoms with Gasteiger partial charge in [0.25, 0.3) is 0 Å². The summed E-state index contributed by atoms with van der Waals surface area (Å²) in [6.45, 7) is 8.36. The summed E-state index contributed by atoms with van der Waals surface area (Å²) in [5.41, 5.74) is 8.79. The molecule has 3 rings (SSSR count). The van der Waals surface area contributed by atoms with Gasteiger partial charge in [-0.1, -0.05) is 23.8 Å². The molecule has 0 saturated heterocycles. The highest BCUT2D eigenvalue weighted by molar-refractivity contribution is 5.91. The number of nitrogens with zero attached hydrogens (tertiary/aromatic N) is 1. The van der Waals surface area contributed by atoms with Gasteiger partial charge in [-0.25, -0.2) is 0 Å². The molecule has 2 aromatic heterocycles. The average Bonchev–Trinajstić information content (AvgIpc) is 2.74. The van der Waals surface area contributed by atoms with Crippen LogP contribution < -0.4 is 0 Å². The Kier molecular flexibility index (Phi) is 3.17. The van der Waals surface area contributed by atoms with Crippen LogP contribution >= 0.6 is 0 Å². The first-order chi connectivity index (χ1) is 10.0. The zero-order chi connectivity index (χ0) is 15.1. The molecule has 2 nitrogen and oxygen atoms in total. The molecule has 0 fully saturated rings. The number of hydrogen-bond donors (Lipinski definition) is 0. The van der Waals surface area contributed by atoms with E-state index in [4.69, 9.17) is 0 Å². The van der Waals surface area contributed by atoms with Gasteiger partial charge < -0.3 is 4.40 Å². The summed E-state index contributed by atoms with van der Waals surface area (Å²) >= 11 is 0. The topological polar surface area (TPSA) is 21.5 Å². The zero-order valence-electron chi connectivity index (χ0n) is 12.9. The van der Waals surface area contributed by atoms with E-state index in [-0.39, 0.29) is 0 Å². The van der Waals surface area contributed by atoms with Crippen molar-refractivity contribution in [2.24, 2.45) is 0 Å². The minimum atomic E-state index is 0.726. The van der Waals surface area contributed by atoms with E-state index < -0.39 is 0 Å². The van der Waals surface area contributed by atoms with Crippen molar-refractivity contribution < 1.29 is 4.79 Å². The number of aromatic nitrogens is 1. The molecule has 0 bridgehead atoms. The van der Waals surface area contributed by atoms with E-state index in [2.05, 4.69) is 51.1 Å². The maximum absolute atomic E-state index is 11.7. The van der Waals surface area contributed by atoms with Crippen LogP contribution in [0, 0.1) is 27.7 Å². The number of hydrogen-bond acceptors (Lipinski definition) is 1. The van der Waals surface area contributed by atoms with Gasteiger partial charge in [-0.2, -0.15) is 0 Å². The first kappa shape index (κ1) is 13.6. The SMILES string of the molecule is Cc1cc(C)c(-c2cc3ccc(C)cn3c2C=O)c(C)c1. The summed E-state index contributed by atoms with van der Waals surface area (Å²) in [5, 5.41) is 0. The van der Waals surface area contributed by atoms with E-state index in [0.717, 1.165) is 28.6 Å². The minimum absolute atomic E-state index is 0.726. The molecule has 2 heteroatoms. The Bertz CT molecular complexity index is 832. The number of carbonyl (C=O) groups excluding carboxylic acids is 1. The Morgan fingerprint density at radius 2 is 1.57 bits per heavy atom. The first-order valence-electron chi connectivity index (χ1n) is 7.16. The van der Waals surface area contributed by atoms with Crippen LogP contribution in [0.25, 0.3) is 16.6 Å². The summed E-state index contributed by atoms with van der Waals surface area (Å²) in [7, 11) is 0. The number of benzene rings is 1. The molecule has 0 atom stereocenters. The standard InChI is InChI=1S/C19H19NO/c1-12-5-6-16-9-17(18(11-21)20(16)10-12)19-14(3)7-13(2)8-15(19)4/h5-11H,1-4H3. The molecule has 106 valence electrons. The van der Waals surface area contributed by atoms with Crippen molar-refractivity contribution >= 4 is 11.8 Å². The molecule has 0 N–H and O–H groups in total. The van der Waals surface area contributed by atoms with Gasteiger partial charge in [0.2, 0.25) is 0 Å². The Morgan fingerprint density at radius 1 is 0.905 bits per heavy atom. The Hall–Kier alpha value is -2.35. The van der Waals surface area contributed by atoms with Gasteiger partial charge in [0.05, 0.1) is 5.69 Å². The normalized spacial score (nSPS) is 11.0. The van der Waals surface area contributed by atoms with Crippen LogP contribution in [0.3, 0.4) is 0 Å². The Labute approximate surface area is 125 Å². The lowest BCUT2D eigenvalue weighted by atomic mass is 9.94. The summed E-state index contributed by atoms with van der Waals surface area (Å²) < 4.78 is 1.98. The molecule has 0 aliphatic heterocycles. The minimum Gasteiger partial charge on any atom is -0.313 e. The lowest BCUT2D eigenvalue weighted by molar-refractivity contribution is 0.111. The van der Waals surface area contributed by atoms with Crippen molar-refractivity contribution in [1.29, 1.82) is 0 Å². The smallest absolute Gasteiger partial charge is 0.167 e. The monoisotopic (exact) mass is 277 g/mol.